The summed E-state index contributed by atoms with van der Waals surface area (Å²) >= 11 is 1.31. The number of urea groups is 1. The van der Waals surface area contributed by atoms with Gasteiger partial charge in [0.2, 0.25) is 0 Å². The molecule has 1 unspecified atom stereocenters. The first kappa shape index (κ1) is 14.6. The Bertz CT molecular complexity index is 877. The number of carbonyl (C=O) groups is 1. The minimum atomic E-state index is -1.17. The Morgan fingerprint density at radius 2 is 2.18 bits per heavy atom. The zero-order chi connectivity index (χ0) is 15.7. The number of nitrogens with zero attached hydrogens (tertiary/aromatic N) is 2. The van der Waals surface area contributed by atoms with Crippen LogP contribution in [-0.2, 0) is 10.8 Å². The van der Waals surface area contributed by atoms with Gasteiger partial charge in [-0.05, 0) is 18.2 Å². The molecule has 8 heteroatoms. The fraction of sp³-hybridized carbons (Fsp3) is 0.0714. The van der Waals surface area contributed by atoms with Gasteiger partial charge in [0.25, 0.3) is 0 Å². The Balaban J connectivity index is 2.29. The van der Waals surface area contributed by atoms with Crippen molar-refractivity contribution in [3.63, 3.8) is 0 Å². The molecule has 3 rings (SSSR count). The van der Waals surface area contributed by atoms with Crippen LogP contribution in [0.2, 0.25) is 0 Å². The number of fused-ring (bicyclic) bond motifs is 1. The lowest BCUT2D eigenvalue weighted by Gasteiger charge is -2.08. The zero-order valence-electron chi connectivity index (χ0n) is 11.6. The van der Waals surface area contributed by atoms with E-state index in [1.54, 1.807) is 18.6 Å². The summed E-state index contributed by atoms with van der Waals surface area (Å²) in [6.45, 7) is 0. The number of anilines is 1. The lowest BCUT2D eigenvalue weighted by atomic mass is 10.1. The number of nitrogens with two attached hydrogens (primary N) is 1. The average Bonchev–Trinajstić information content (AvgIpc) is 2.88. The number of hydrogen-bond acceptors (Lipinski definition) is 5. The van der Waals surface area contributed by atoms with Crippen molar-refractivity contribution in [2.24, 2.45) is 5.73 Å². The van der Waals surface area contributed by atoms with Crippen LogP contribution in [0.25, 0.3) is 21.3 Å². The molecule has 3 N–H and O–H groups in total. The quantitative estimate of drug-likeness (QED) is 0.770. The Morgan fingerprint density at radius 1 is 1.36 bits per heavy atom. The van der Waals surface area contributed by atoms with E-state index in [2.05, 4.69) is 15.3 Å². The molecule has 2 amide bonds. The second-order valence-corrected chi connectivity index (χ2v) is 6.87. The normalized spacial score (nSPS) is 12.2. The average molecular weight is 332 g/mol. The molecule has 0 radical (unpaired) electrons. The number of hydrogen-bond donors (Lipinski definition) is 2. The number of nitrogens with one attached hydrogen (secondary N) is 1. The van der Waals surface area contributed by atoms with Gasteiger partial charge in [-0.3, -0.25) is 14.5 Å². The lowest BCUT2D eigenvalue weighted by Crippen LogP contribution is -2.18. The van der Waals surface area contributed by atoms with Crippen molar-refractivity contribution in [3.05, 3.63) is 36.7 Å². The monoisotopic (exact) mass is 332 g/mol. The molecule has 1 atom stereocenters. The Labute approximate surface area is 132 Å². The standard InChI is InChI=1S/C14H12N4O2S2/c1-22(20)10-5-4-9-12(17-14(21-9)18-13(15)19)11(10)8-3-2-6-16-7-8/h2-7H,1H3,(H3,15,17,18,19). The smallest absolute Gasteiger partial charge is 0.318 e. The fourth-order valence-corrected chi connectivity index (χ4v) is 3.80. The van der Waals surface area contributed by atoms with Crippen LogP contribution in [0, 0.1) is 0 Å². The van der Waals surface area contributed by atoms with E-state index in [0.717, 1.165) is 15.8 Å². The number of amides is 2. The van der Waals surface area contributed by atoms with E-state index in [9.17, 15) is 9.00 Å². The topological polar surface area (TPSA) is 98.0 Å². The molecule has 0 aliphatic heterocycles. The molecular formula is C14H12N4O2S2. The minimum Gasteiger partial charge on any atom is -0.351 e. The van der Waals surface area contributed by atoms with Gasteiger partial charge in [0, 0.05) is 34.7 Å². The fourth-order valence-electron chi connectivity index (χ4n) is 2.16. The third kappa shape index (κ3) is 2.70. The van der Waals surface area contributed by atoms with Crippen LogP contribution < -0.4 is 11.1 Å². The number of primary amides is 1. The van der Waals surface area contributed by atoms with Crippen LogP contribution in [0.5, 0.6) is 0 Å². The van der Waals surface area contributed by atoms with E-state index in [1.165, 1.54) is 11.3 Å². The first-order chi connectivity index (χ1) is 10.6. The maximum atomic E-state index is 12.0. The molecule has 2 aromatic heterocycles. The number of rotatable bonds is 3. The highest BCUT2D eigenvalue weighted by Gasteiger charge is 2.17. The van der Waals surface area contributed by atoms with Gasteiger partial charge in [-0.25, -0.2) is 9.78 Å². The summed E-state index contributed by atoms with van der Waals surface area (Å²) in [5.41, 5.74) is 7.40. The summed E-state index contributed by atoms with van der Waals surface area (Å²) in [4.78, 5) is 20.2. The van der Waals surface area contributed by atoms with Crippen molar-refractivity contribution in [1.29, 1.82) is 0 Å². The molecule has 0 aliphatic carbocycles. The number of pyridine rings is 1. The van der Waals surface area contributed by atoms with Crippen molar-refractivity contribution in [2.75, 3.05) is 11.6 Å². The van der Waals surface area contributed by atoms with Gasteiger partial charge in [0.1, 0.15) is 0 Å². The first-order valence-corrected chi connectivity index (χ1v) is 8.67. The number of carbonyl (C=O) groups excluding carboxylic acids is 1. The molecule has 6 nitrogen and oxygen atoms in total. The number of aromatic nitrogens is 2. The largest absolute Gasteiger partial charge is 0.351 e. The minimum absolute atomic E-state index is 0.409. The Morgan fingerprint density at radius 3 is 2.82 bits per heavy atom. The summed E-state index contributed by atoms with van der Waals surface area (Å²) in [6.07, 6.45) is 5.00. The van der Waals surface area contributed by atoms with E-state index in [-0.39, 0.29) is 0 Å². The highest BCUT2D eigenvalue weighted by atomic mass is 32.2. The highest BCUT2D eigenvalue weighted by molar-refractivity contribution is 7.84. The Kier molecular flexibility index (Phi) is 3.86. The van der Waals surface area contributed by atoms with Gasteiger partial charge in [-0.15, -0.1) is 0 Å². The summed E-state index contributed by atoms with van der Waals surface area (Å²) in [5.74, 6) is 0. The molecule has 22 heavy (non-hydrogen) atoms. The molecule has 112 valence electrons. The zero-order valence-corrected chi connectivity index (χ0v) is 13.2. The number of thiazole rings is 1. The molecule has 0 saturated heterocycles. The maximum Gasteiger partial charge on any atom is 0.318 e. The third-order valence-corrected chi connectivity index (χ3v) is 4.91. The molecule has 0 bridgehead atoms. The summed E-state index contributed by atoms with van der Waals surface area (Å²) in [5, 5.41) is 2.89. The first-order valence-electron chi connectivity index (χ1n) is 6.30. The van der Waals surface area contributed by atoms with Gasteiger partial charge in [-0.2, -0.15) is 0 Å². The van der Waals surface area contributed by atoms with Crippen molar-refractivity contribution in [3.8, 4) is 11.1 Å². The molecule has 3 aromatic rings. The second-order valence-electron chi connectivity index (χ2n) is 4.49. The highest BCUT2D eigenvalue weighted by Crippen LogP contribution is 2.37. The van der Waals surface area contributed by atoms with Gasteiger partial charge >= 0.3 is 6.03 Å². The van der Waals surface area contributed by atoms with Crippen LogP contribution in [0.4, 0.5) is 9.93 Å². The van der Waals surface area contributed by atoms with Gasteiger partial charge in [-0.1, -0.05) is 17.4 Å². The molecule has 1 aromatic carbocycles. The van der Waals surface area contributed by atoms with Crippen molar-refractivity contribution in [1.82, 2.24) is 9.97 Å². The predicted octanol–water partition coefficient (Wildman–Crippen LogP) is 2.59. The van der Waals surface area contributed by atoms with Gasteiger partial charge in [0.05, 0.1) is 21.0 Å². The second kappa shape index (κ2) is 5.82. The molecule has 2 heterocycles. The van der Waals surface area contributed by atoms with Crippen molar-refractivity contribution < 1.29 is 9.00 Å². The molecule has 0 saturated carbocycles. The van der Waals surface area contributed by atoms with E-state index in [1.807, 2.05) is 24.3 Å². The molecule has 0 spiro atoms. The maximum absolute atomic E-state index is 12.0. The van der Waals surface area contributed by atoms with Crippen LogP contribution in [0.1, 0.15) is 0 Å². The van der Waals surface area contributed by atoms with Crippen LogP contribution in [0.15, 0.2) is 41.6 Å². The number of benzene rings is 1. The van der Waals surface area contributed by atoms with Crippen LogP contribution in [0.3, 0.4) is 0 Å². The van der Waals surface area contributed by atoms with E-state index in [0.29, 0.717) is 15.5 Å². The third-order valence-electron chi connectivity index (χ3n) is 3.01. The van der Waals surface area contributed by atoms with E-state index >= 15 is 0 Å². The van der Waals surface area contributed by atoms with Crippen molar-refractivity contribution >= 4 is 43.5 Å². The van der Waals surface area contributed by atoms with Gasteiger partial charge < -0.3 is 5.73 Å². The Hall–Kier alpha value is -2.32. The molecular weight excluding hydrogens is 320 g/mol. The molecule has 0 fully saturated rings. The summed E-state index contributed by atoms with van der Waals surface area (Å²) in [6, 6.07) is 6.69. The molecule has 0 aliphatic rings. The van der Waals surface area contributed by atoms with E-state index < -0.39 is 16.8 Å². The van der Waals surface area contributed by atoms with Crippen LogP contribution in [-0.4, -0.2) is 26.5 Å². The predicted molar refractivity (Wildman–Crippen MR) is 88.4 cm³/mol. The summed E-state index contributed by atoms with van der Waals surface area (Å²) in [7, 11) is -1.17. The summed E-state index contributed by atoms with van der Waals surface area (Å²) < 4.78 is 12.9. The van der Waals surface area contributed by atoms with Gasteiger partial charge in [0.15, 0.2) is 5.13 Å². The van der Waals surface area contributed by atoms with Crippen LogP contribution >= 0.6 is 11.3 Å². The van der Waals surface area contributed by atoms with E-state index in [4.69, 9.17) is 5.73 Å². The lowest BCUT2D eigenvalue weighted by molar-refractivity contribution is 0.259. The van der Waals surface area contributed by atoms with Crippen molar-refractivity contribution in [2.45, 2.75) is 4.90 Å². The SMILES string of the molecule is CS(=O)c1ccc2sc(NC(N)=O)nc2c1-c1cccnc1.